The largest absolute Gasteiger partial charge is 0.383 e. The molecule has 0 aliphatic heterocycles. The summed E-state index contributed by atoms with van der Waals surface area (Å²) in [6, 6.07) is 6.60. The van der Waals surface area contributed by atoms with Gasteiger partial charge in [0, 0.05) is 17.7 Å². The second kappa shape index (κ2) is 4.48. The van der Waals surface area contributed by atoms with E-state index in [1.54, 1.807) is 12.1 Å². The van der Waals surface area contributed by atoms with Crippen LogP contribution in [0.3, 0.4) is 0 Å². The molecule has 1 aliphatic carbocycles. The number of nitro benzene ring substituents is 1. The third-order valence-electron chi connectivity index (χ3n) is 3.76. The molecule has 22 heavy (non-hydrogen) atoms. The smallest absolute Gasteiger partial charge is 0.269 e. The number of benzene rings is 1. The summed E-state index contributed by atoms with van der Waals surface area (Å²) in [4.78, 5) is 18.7. The molecule has 1 aromatic carbocycles. The zero-order valence-corrected chi connectivity index (χ0v) is 11.5. The zero-order valence-electron chi connectivity index (χ0n) is 11.5. The van der Waals surface area contributed by atoms with Crippen molar-refractivity contribution in [3.05, 3.63) is 40.7 Å². The van der Waals surface area contributed by atoms with E-state index in [1.165, 1.54) is 18.5 Å². The predicted molar refractivity (Wildman–Crippen MR) is 80.1 cm³/mol. The van der Waals surface area contributed by atoms with Crippen LogP contribution in [0, 0.1) is 10.1 Å². The number of nitrogen functional groups attached to an aromatic ring is 1. The van der Waals surface area contributed by atoms with E-state index in [0.717, 1.165) is 18.4 Å². The minimum absolute atomic E-state index is 0.0407. The van der Waals surface area contributed by atoms with Crippen molar-refractivity contribution < 1.29 is 4.92 Å². The standard InChI is InChI=1S/C14H12N6O2/c15-13-11-12(8-1-3-10(4-2-8)20(21)22)18-19(9-5-6-9)14(11)17-7-16-13/h1-4,7,9H,5-6H2,(H2,15,16,17). The molecule has 2 N–H and O–H groups in total. The summed E-state index contributed by atoms with van der Waals surface area (Å²) < 4.78 is 1.88. The summed E-state index contributed by atoms with van der Waals surface area (Å²) in [5.41, 5.74) is 8.17. The highest BCUT2D eigenvalue weighted by Crippen LogP contribution is 2.40. The van der Waals surface area contributed by atoms with Gasteiger partial charge < -0.3 is 5.73 Å². The van der Waals surface area contributed by atoms with E-state index in [2.05, 4.69) is 15.1 Å². The highest BCUT2D eigenvalue weighted by molar-refractivity contribution is 5.98. The van der Waals surface area contributed by atoms with Crippen LogP contribution in [-0.4, -0.2) is 24.7 Å². The van der Waals surface area contributed by atoms with E-state index < -0.39 is 4.92 Å². The Morgan fingerprint density at radius 3 is 2.59 bits per heavy atom. The van der Waals surface area contributed by atoms with Gasteiger partial charge in [0.1, 0.15) is 17.8 Å². The Bertz CT molecular complexity index is 882. The minimum atomic E-state index is -0.428. The molecular weight excluding hydrogens is 284 g/mol. The van der Waals surface area contributed by atoms with Gasteiger partial charge in [-0.2, -0.15) is 5.10 Å². The topological polar surface area (TPSA) is 113 Å². The number of anilines is 1. The van der Waals surface area contributed by atoms with Crippen LogP contribution in [0.25, 0.3) is 22.3 Å². The van der Waals surface area contributed by atoms with E-state index in [-0.39, 0.29) is 5.69 Å². The minimum Gasteiger partial charge on any atom is -0.383 e. The number of aromatic nitrogens is 4. The van der Waals surface area contributed by atoms with E-state index in [9.17, 15) is 10.1 Å². The molecule has 1 saturated carbocycles. The lowest BCUT2D eigenvalue weighted by molar-refractivity contribution is -0.384. The fourth-order valence-electron chi connectivity index (χ4n) is 2.51. The average molecular weight is 296 g/mol. The number of nitrogens with two attached hydrogens (primary N) is 1. The number of fused-ring (bicyclic) bond motifs is 1. The van der Waals surface area contributed by atoms with Gasteiger partial charge in [0.15, 0.2) is 5.65 Å². The van der Waals surface area contributed by atoms with Crippen molar-refractivity contribution in [3.8, 4) is 11.3 Å². The summed E-state index contributed by atoms with van der Waals surface area (Å²) in [5, 5.41) is 16.1. The molecule has 8 heteroatoms. The van der Waals surface area contributed by atoms with Gasteiger partial charge >= 0.3 is 0 Å². The molecule has 1 aliphatic rings. The number of hydrogen-bond acceptors (Lipinski definition) is 6. The molecule has 0 atom stereocenters. The van der Waals surface area contributed by atoms with Gasteiger partial charge in [-0.1, -0.05) is 0 Å². The lowest BCUT2D eigenvalue weighted by Crippen LogP contribution is -1.98. The molecule has 0 unspecified atom stereocenters. The predicted octanol–water partition coefficient (Wildman–Crippen LogP) is 2.32. The van der Waals surface area contributed by atoms with Gasteiger partial charge in [0.05, 0.1) is 16.4 Å². The summed E-state index contributed by atoms with van der Waals surface area (Å²) in [6.07, 6.45) is 3.57. The van der Waals surface area contributed by atoms with E-state index >= 15 is 0 Å². The zero-order chi connectivity index (χ0) is 15.3. The van der Waals surface area contributed by atoms with Crippen molar-refractivity contribution in [2.24, 2.45) is 0 Å². The number of non-ortho nitro benzene ring substituents is 1. The van der Waals surface area contributed by atoms with Crippen LogP contribution in [0.2, 0.25) is 0 Å². The molecule has 0 bridgehead atoms. The highest BCUT2D eigenvalue weighted by Gasteiger charge is 2.29. The monoisotopic (exact) mass is 296 g/mol. The lowest BCUT2D eigenvalue weighted by Gasteiger charge is -1.99. The fraction of sp³-hybridized carbons (Fsp3) is 0.214. The Morgan fingerprint density at radius 1 is 1.23 bits per heavy atom. The summed E-state index contributed by atoms with van der Waals surface area (Å²) in [6.45, 7) is 0. The maximum atomic E-state index is 10.8. The van der Waals surface area contributed by atoms with Crippen LogP contribution < -0.4 is 5.73 Å². The third-order valence-corrected chi connectivity index (χ3v) is 3.76. The van der Waals surface area contributed by atoms with E-state index in [4.69, 9.17) is 5.73 Å². The van der Waals surface area contributed by atoms with Crippen LogP contribution in [0.1, 0.15) is 18.9 Å². The molecule has 4 rings (SSSR count). The second-order valence-corrected chi connectivity index (χ2v) is 5.29. The Morgan fingerprint density at radius 2 is 1.95 bits per heavy atom. The van der Waals surface area contributed by atoms with Crippen LogP contribution in [0.15, 0.2) is 30.6 Å². The van der Waals surface area contributed by atoms with Crippen LogP contribution in [-0.2, 0) is 0 Å². The summed E-state index contributed by atoms with van der Waals surface area (Å²) in [5.74, 6) is 0.366. The molecule has 110 valence electrons. The van der Waals surface area contributed by atoms with Gasteiger partial charge in [-0.05, 0) is 25.0 Å². The van der Waals surface area contributed by atoms with Crippen molar-refractivity contribution in [2.75, 3.05) is 5.73 Å². The molecule has 0 saturated heterocycles. The van der Waals surface area contributed by atoms with Crippen molar-refractivity contribution in [1.29, 1.82) is 0 Å². The fourth-order valence-corrected chi connectivity index (χ4v) is 2.51. The number of nitro groups is 1. The summed E-state index contributed by atoms with van der Waals surface area (Å²) >= 11 is 0. The first-order valence-corrected chi connectivity index (χ1v) is 6.88. The quantitative estimate of drug-likeness (QED) is 0.586. The molecule has 8 nitrogen and oxygen atoms in total. The SMILES string of the molecule is Nc1ncnc2c1c(-c1ccc([N+](=O)[O-])cc1)nn2C1CC1. The molecular formula is C14H12N6O2. The third kappa shape index (κ3) is 1.88. The first kappa shape index (κ1) is 12.7. The van der Waals surface area contributed by atoms with Crippen LogP contribution >= 0.6 is 0 Å². The molecule has 0 spiro atoms. The van der Waals surface area contributed by atoms with Gasteiger partial charge in [-0.25, -0.2) is 14.6 Å². The average Bonchev–Trinajstić information content (AvgIpc) is 3.28. The molecule has 2 heterocycles. The van der Waals surface area contributed by atoms with Gasteiger partial charge in [-0.15, -0.1) is 0 Å². The van der Waals surface area contributed by atoms with Crippen LogP contribution in [0.5, 0.6) is 0 Å². The highest BCUT2D eigenvalue weighted by atomic mass is 16.6. The lowest BCUT2D eigenvalue weighted by atomic mass is 10.1. The molecule has 0 radical (unpaired) electrons. The van der Waals surface area contributed by atoms with Crippen molar-refractivity contribution >= 4 is 22.5 Å². The molecule has 1 fully saturated rings. The Labute approximate surface area is 124 Å². The number of rotatable bonds is 3. The molecule has 0 amide bonds. The first-order chi connectivity index (χ1) is 10.6. The van der Waals surface area contributed by atoms with Gasteiger partial charge in [-0.3, -0.25) is 10.1 Å². The van der Waals surface area contributed by atoms with Gasteiger partial charge in [0.25, 0.3) is 5.69 Å². The Hall–Kier alpha value is -3.03. The molecule has 2 aromatic heterocycles. The normalized spacial score (nSPS) is 14.4. The first-order valence-electron chi connectivity index (χ1n) is 6.88. The van der Waals surface area contributed by atoms with E-state index in [0.29, 0.717) is 28.6 Å². The molecule has 3 aromatic rings. The van der Waals surface area contributed by atoms with Crippen molar-refractivity contribution in [2.45, 2.75) is 18.9 Å². The van der Waals surface area contributed by atoms with E-state index in [1.807, 2.05) is 4.68 Å². The Balaban J connectivity index is 1.92. The van der Waals surface area contributed by atoms with Crippen molar-refractivity contribution in [3.63, 3.8) is 0 Å². The summed E-state index contributed by atoms with van der Waals surface area (Å²) in [7, 11) is 0. The maximum absolute atomic E-state index is 10.8. The van der Waals surface area contributed by atoms with Gasteiger partial charge in [0.2, 0.25) is 0 Å². The number of nitrogens with zero attached hydrogens (tertiary/aromatic N) is 5. The van der Waals surface area contributed by atoms with Crippen LogP contribution in [0.4, 0.5) is 11.5 Å². The maximum Gasteiger partial charge on any atom is 0.269 e. The number of hydrogen-bond donors (Lipinski definition) is 1. The Kier molecular flexibility index (Phi) is 2.59. The second-order valence-electron chi connectivity index (χ2n) is 5.29. The van der Waals surface area contributed by atoms with Crippen molar-refractivity contribution in [1.82, 2.24) is 19.7 Å².